The molecule has 0 aliphatic rings. The lowest BCUT2D eigenvalue weighted by molar-refractivity contribution is -0.112. The first-order chi connectivity index (χ1) is 9.11. The van der Waals surface area contributed by atoms with E-state index in [1.807, 2.05) is 20.8 Å². The maximum atomic E-state index is 11.2. The fourth-order valence-electron chi connectivity index (χ4n) is 1.85. The molecular weight excluding hydrogens is 242 g/mol. The van der Waals surface area contributed by atoms with Gasteiger partial charge in [0.1, 0.15) is 0 Å². The third kappa shape index (κ3) is 10.7. The average molecular weight is 271 g/mol. The van der Waals surface area contributed by atoms with Crippen LogP contribution in [0.3, 0.4) is 0 Å². The van der Waals surface area contributed by atoms with Gasteiger partial charge < -0.3 is 14.4 Å². The van der Waals surface area contributed by atoms with Crippen LogP contribution in [0.4, 0.5) is 0 Å². The molecule has 0 N–H and O–H groups in total. The van der Waals surface area contributed by atoms with Gasteiger partial charge in [0.2, 0.25) is 0 Å². The number of hydrogen-bond acceptors (Lipinski definition) is 4. The van der Waals surface area contributed by atoms with Crippen molar-refractivity contribution in [1.82, 2.24) is 4.90 Å². The number of nitrogens with zero attached hydrogens (tertiary/aromatic N) is 1. The van der Waals surface area contributed by atoms with E-state index < -0.39 is 0 Å². The molecule has 112 valence electrons. The van der Waals surface area contributed by atoms with Crippen LogP contribution in [-0.2, 0) is 14.3 Å². The number of carbonyl (C=O) groups excluding carboxylic acids is 1. The van der Waals surface area contributed by atoms with Crippen LogP contribution < -0.4 is 0 Å². The zero-order valence-corrected chi connectivity index (χ0v) is 12.9. The van der Waals surface area contributed by atoms with Crippen molar-refractivity contribution in [3.05, 3.63) is 11.8 Å². The van der Waals surface area contributed by atoms with Crippen LogP contribution in [0.5, 0.6) is 0 Å². The molecule has 0 heterocycles. The smallest absolute Gasteiger partial charge is 0.154 e. The summed E-state index contributed by atoms with van der Waals surface area (Å²) in [4.78, 5) is 13.4. The van der Waals surface area contributed by atoms with Crippen molar-refractivity contribution in [2.24, 2.45) is 0 Å². The van der Waals surface area contributed by atoms with Gasteiger partial charge in [0.25, 0.3) is 0 Å². The summed E-state index contributed by atoms with van der Waals surface area (Å²) in [5.74, 6) is 0.0946. The standard InChI is InChI=1S/C15H29NO3/c1-5-18-11-7-9-16(10-8-12-19-6-2)14(3)13-15(4)17/h13H,5-12H2,1-4H3/b14-13+. The Morgan fingerprint density at radius 2 is 1.47 bits per heavy atom. The van der Waals surface area contributed by atoms with Crippen LogP contribution in [0.25, 0.3) is 0 Å². The Balaban J connectivity index is 4.17. The highest BCUT2D eigenvalue weighted by Gasteiger charge is 2.06. The third-order valence-corrected chi connectivity index (χ3v) is 2.75. The van der Waals surface area contributed by atoms with Gasteiger partial charge in [0.15, 0.2) is 5.78 Å². The fraction of sp³-hybridized carbons (Fsp3) is 0.800. The minimum absolute atomic E-state index is 0.0946. The Morgan fingerprint density at radius 3 is 1.84 bits per heavy atom. The molecule has 0 aliphatic carbocycles. The van der Waals surface area contributed by atoms with Gasteiger partial charge in [0, 0.05) is 45.2 Å². The molecule has 0 unspecified atom stereocenters. The molecule has 0 bridgehead atoms. The highest BCUT2D eigenvalue weighted by Crippen LogP contribution is 2.06. The zero-order valence-electron chi connectivity index (χ0n) is 12.9. The molecule has 0 amide bonds. The molecule has 0 aromatic carbocycles. The molecule has 0 aromatic rings. The summed E-state index contributed by atoms with van der Waals surface area (Å²) in [6.07, 6.45) is 3.65. The highest BCUT2D eigenvalue weighted by atomic mass is 16.5. The fourth-order valence-corrected chi connectivity index (χ4v) is 1.85. The molecule has 0 rings (SSSR count). The van der Waals surface area contributed by atoms with Crippen LogP contribution >= 0.6 is 0 Å². The van der Waals surface area contributed by atoms with Gasteiger partial charge in [-0.15, -0.1) is 0 Å². The van der Waals surface area contributed by atoms with E-state index >= 15 is 0 Å². The first-order valence-corrected chi connectivity index (χ1v) is 7.21. The van der Waals surface area contributed by atoms with Crippen LogP contribution in [-0.4, -0.2) is 50.2 Å². The van der Waals surface area contributed by atoms with Gasteiger partial charge in [-0.2, -0.15) is 0 Å². The predicted octanol–water partition coefficient (Wildman–Crippen LogP) is 2.63. The molecule has 0 spiro atoms. The highest BCUT2D eigenvalue weighted by molar-refractivity contribution is 5.87. The third-order valence-electron chi connectivity index (χ3n) is 2.75. The second-order valence-corrected chi connectivity index (χ2v) is 4.48. The molecule has 0 saturated heterocycles. The Bertz CT molecular complexity index is 252. The summed E-state index contributed by atoms with van der Waals surface area (Å²) in [6, 6.07) is 0. The van der Waals surface area contributed by atoms with Crippen molar-refractivity contribution in [3.63, 3.8) is 0 Å². The number of allylic oxidation sites excluding steroid dienone is 2. The summed E-state index contributed by atoms with van der Waals surface area (Å²) in [7, 11) is 0. The minimum Gasteiger partial charge on any atom is -0.382 e. The first kappa shape index (κ1) is 18.1. The molecule has 0 radical (unpaired) electrons. The predicted molar refractivity (Wildman–Crippen MR) is 78.2 cm³/mol. The molecule has 0 saturated carbocycles. The van der Waals surface area contributed by atoms with Crippen molar-refractivity contribution in [2.75, 3.05) is 39.5 Å². The van der Waals surface area contributed by atoms with Crippen LogP contribution in [0.2, 0.25) is 0 Å². The Hall–Kier alpha value is -0.870. The molecule has 4 nitrogen and oxygen atoms in total. The molecule has 0 aromatic heterocycles. The molecule has 19 heavy (non-hydrogen) atoms. The maximum absolute atomic E-state index is 11.2. The average Bonchev–Trinajstić information content (AvgIpc) is 2.36. The lowest BCUT2D eigenvalue weighted by atomic mass is 10.2. The van der Waals surface area contributed by atoms with E-state index in [2.05, 4.69) is 4.90 Å². The molecular formula is C15H29NO3. The second-order valence-electron chi connectivity index (χ2n) is 4.48. The molecule has 0 fully saturated rings. The topological polar surface area (TPSA) is 38.8 Å². The van der Waals surface area contributed by atoms with E-state index in [0.717, 1.165) is 58.1 Å². The molecule has 4 heteroatoms. The minimum atomic E-state index is 0.0946. The van der Waals surface area contributed by atoms with Gasteiger partial charge in [-0.1, -0.05) is 0 Å². The van der Waals surface area contributed by atoms with Crippen molar-refractivity contribution < 1.29 is 14.3 Å². The monoisotopic (exact) mass is 271 g/mol. The largest absolute Gasteiger partial charge is 0.382 e. The Morgan fingerprint density at radius 1 is 1.00 bits per heavy atom. The van der Waals surface area contributed by atoms with Gasteiger partial charge in [0.05, 0.1) is 0 Å². The van der Waals surface area contributed by atoms with Gasteiger partial charge >= 0.3 is 0 Å². The molecule has 0 aliphatic heterocycles. The van der Waals surface area contributed by atoms with Gasteiger partial charge in [-0.25, -0.2) is 0 Å². The number of hydrogen-bond donors (Lipinski definition) is 0. The number of rotatable bonds is 12. The van der Waals surface area contributed by atoms with Gasteiger partial charge in [-0.3, -0.25) is 4.79 Å². The van der Waals surface area contributed by atoms with Crippen molar-refractivity contribution in [2.45, 2.75) is 40.5 Å². The lowest BCUT2D eigenvalue weighted by Crippen LogP contribution is -2.26. The first-order valence-electron chi connectivity index (χ1n) is 7.21. The van der Waals surface area contributed by atoms with Gasteiger partial charge in [-0.05, 0) is 46.6 Å². The number of ether oxygens (including phenoxy) is 2. The number of ketones is 1. The van der Waals surface area contributed by atoms with Crippen LogP contribution in [0, 0.1) is 0 Å². The maximum Gasteiger partial charge on any atom is 0.154 e. The normalized spacial score (nSPS) is 11.7. The second kappa shape index (κ2) is 12.2. The van der Waals surface area contributed by atoms with Crippen molar-refractivity contribution >= 4 is 5.78 Å². The van der Waals surface area contributed by atoms with Crippen molar-refractivity contribution in [1.29, 1.82) is 0 Å². The quantitative estimate of drug-likeness (QED) is 0.404. The molecule has 0 atom stereocenters. The summed E-state index contributed by atoms with van der Waals surface area (Å²) in [6.45, 7) is 12.5. The number of carbonyl (C=O) groups is 1. The van der Waals surface area contributed by atoms with Crippen molar-refractivity contribution in [3.8, 4) is 0 Å². The van der Waals surface area contributed by atoms with E-state index in [1.165, 1.54) is 0 Å². The summed E-state index contributed by atoms with van der Waals surface area (Å²) < 4.78 is 10.7. The van der Waals surface area contributed by atoms with Crippen LogP contribution in [0.1, 0.15) is 40.5 Å². The summed E-state index contributed by atoms with van der Waals surface area (Å²) >= 11 is 0. The van der Waals surface area contributed by atoms with E-state index in [1.54, 1.807) is 13.0 Å². The zero-order chi connectivity index (χ0) is 14.5. The van der Waals surface area contributed by atoms with E-state index in [0.29, 0.717) is 0 Å². The Labute approximate surface area is 117 Å². The SMILES string of the molecule is CCOCCCN(CCCOCC)/C(C)=C/C(C)=O. The van der Waals surface area contributed by atoms with E-state index in [4.69, 9.17) is 9.47 Å². The van der Waals surface area contributed by atoms with E-state index in [9.17, 15) is 4.79 Å². The van der Waals surface area contributed by atoms with Crippen LogP contribution in [0.15, 0.2) is 11.8 Å². The Kier molecular flexibility index (Phi) is 11.6. The summed E-state index contributed by atoms with van der Waals surface area (Å²) in [5, 5.41) is 0. The van der Waals surface area contributed by atoms with E-state index in [-0.39, 0.29) is 5.78 Å². The summed E-state index contributed by atoms with van der Waals surface area (Å²) in [5.41, 5.74) is 1.03. The lowest BCUT2D eigenvalue weighted by Gasteiger charge is -2.25.